The Labute approximate surface area is 176 Å². The molecule has 5 aromatic rings. The summed E-state index contributed by atoms with van der Waals surface area (Å²) in [5, 5.41) is 16.2. The van der Waals surface area contributed by atoms with Crippen molar-refractivity contribution in [3.63, 3.8) is 0 Å². The van der Waals surface area contributed by atoms with Crippen LogP contribution in [0.3, 0.4) is 0 Å². The number of nitrogen functional groups attached to an aromatic ring is 1. The fraction of sp³-hybridized carbons (Fsp3) is 0.190. The number of pyridine rings is 1. The molecule has 0 saturated carbocycles. The number of nitrogens with zero attached hydrogens (tertiary/aromatic N) is 5. The van der Waals surface area contributed by atoms with E-state index in [2.05, 4.69) is 30.6 Å². The van der Waals surface area contributed by atoms with E-state index in [0.29, 0.717) is 41.8 Å². The van der Waals surface area contributed by atoms with Gasteiger partial charge in [-0.05, 0) is 19.1 Å². The van der Waals surface area contributed by atoms with Gasteiger partial charge in [0.25, 0.3) is 5.91 Å². The van der Waals surface area contributed by atoms with E-state index in [0.717, 1.165) is 27.5 Å². The van der Waals surface area contributed by atoms with Gasteiger partial charge in [0.1, 0.15) is 11.3 Å². The Kier molecular flexibility index (Phi) is 4.39. The molecule has 0 saturated heterocycles. The number of amides is 1. The lowest BCUT2D eigenvalue weighted by Crippen LogP contribution is -2.28. The van der Waals surface area contributed by atoms with E-state index >= 15 is 0 Å². The summed E-state index contributed by atoms with van der Waals surface area (Å²) in [6, 6.07) is 7.88. The van der Waals surface area contributed by atoms with Gasteiger partial charge in [-0.25, -0.2) is 9.97 Å². The maximum Gasteiger partial charge on any atom is 0.273 e. The highest BCUT2D eigenvalue weighted by molar-refractivity contribution is 6.08. The van der Waals surface area contributed by atoms with Crippen LogP contribution in [0, 0.1) is 13.8 Å². The second kappa shape index (κ2) is 7.24. The van der Waals surface area contributed by atoms with Crippen molar-refractivity contribution in [3.05, 3.63) is 54.0 Å². The van der Waals surface area contributed by atoms with Gasteiger partial charge in [-0.3, -0.25) is 14.6 Å². The van der Waals surface area contributed by atoms with E-state index in [9.17, 15) is 4.79 Å². The molecule has 0 aliphatic rings. The van der Waals surface area contributed by atoms with Gasteiger partial charge in [-0.1, -0.05) is 12.1 Å². The monoisotopic (exact) mass is 416 g/mol. The van der Waals surface area contributed by atoms with Crippen LogP contribution < -0.4 is 11.1 Å². The Morgan fingerprint density at radius 2 is 2.10 bits per heavy atom. The van der Waals surface area contributed by atoms with Crippen LogP contribution in [-0.4, -0.2) is 42.4 Å². The number of oxazole rings is 1. The highest BCUT2D eigenvalue weighted by atomic mass is 16.4. The van der Waals surface area contributed by atoms with Crippen LogP contribution in [0.25, 0.3) is 33.1 Å². The predicted octanol–water partition coefficient (Wildman–Crippen LogP) is 2.59. The van der Waals surface area contributed by atoms with Crippen molar-refractivity contribution in [1.82, 2.24) is 35.3 Å². The lowest BCUT2D eigenvalue weighted by atomic mass is 10.1. The molecule has 4 N–H and O–H groups in total. The maximum atomic E-state index is 12.3. The number of carbonyl (C=O) groups excluding carboxylic acids is 1. The zero-order chi connectivity index (χ0) is 21.5. The first-order valence-electron chi connectivity index (χ1n) is 9.78. The fourth-order valence-corrected chi connectivity index (χ4v) is 3.65. The summed E-state index contributed by atoms with van der Waals surface area (Å²) in [6.07, 6.45) is 3.63. The Morgan fingerprint density at radius 3 is 2.84 bits per heavy atom. The summed E-state index contributed by atoms with van der Waals surface area (Å²) in [5.74, 6) is 1.05. The number of rotatable bonds is 5. The quantitative estimate of drug-likeness (QED) is 0.400. The molecule has 5 rings (SSSR count). The van der Waals surface area contributed by atoms with E-state index < -0.39 is 0 Å². The molecular weight excluding hydrogens is 396 g/mol. The highest BCUT2D eigenvalue weighted by Gasteiger charge is 2.16. The SMILES string of the molecule is Cc1nc(C(=O)NCCn2cc3c(n2)c(N)nc2cc(-c4ccn[nH]4)ccc23)c(C)o1. The number of aromatic nitrogens is 6. The molecule has 0 unspecified atom stereocenters. The third kappa shape index (κ3) is 3.37. The Balaban J connectivity index is 1.39. The van der Waals surface area contributed by atoms with E-state index in [1.807, 2.05) is 30.5 Å². The van der Waals surface area contributed by atoms with Crippen LogP contribution in [-0.2, 0) is 6.54 Å². The number of hydrogen-bond acceptors (Lipinski definition) is 7. The van der Waals surface area contributed by atoms with Gasteiger partial charge < -0.3 is 15.5 Å². The number of nitrogens with one attached hydrogen (secondary N) is 2. The Hall–Kier alpha value is -4.21. The standard InChI is InChI=1S/C21H20N8O2/c1-11-18(25-12(2)31-11)21(30)23-7-8-29-10-15-14-4-3-13(16-5-6-24-27-16)9-17(14)26-20(22)19(15)28-29/h3-6,9-10H,7-8H2,1-2H3,(H2,22,26)(H,23,30)(H,24,27). The van der Waals surface area contributed by atoms with Crippen molar-refractivity contribution in [2.75, 3.05) is 12.3 Å². The fourth-order valence-electron chi connectivity index (χ4n) is 3.65. The average Bonchev–Trinajstić information content (AvgIpc) is 3.47. The summed E-state index contributed by atoms with van der Waals surface area (Å²) in [4.78, 5) is 20.9. The first-order chi connectivity index (χ1) is 15.0. The zero-order valence-corrected chi connectivity index (χ0v) is 17.0. The maximum absolute atomic E-state index is 12.3. The number of nitrogens with two attached hydrogens (primary N) is 1. The first-order valence-corrected chi connectivity index (χ1v) is 9.78. The van der Waals surface area contributed by atoms with Crippen molar-refractivity contribution in [1.29, 1.82) is 0 Å². The number of fused-ring (bicyclic) bond motifs is 3. The van der Waals surface area contributed by atoms with Crippen molar-refractivity contribution < 1.29 is 9.21 Å². The Bertz CT molecular complexity index is 1410. The molecule has 10 heteroatoms. The van der Waals surface area contributed by atoms with Crippen LogP contribution in [0.5, 0.6) is 0 Å². The summed E-state index contributed by atoms with van der Waals surface area (Å²) >= 11 is 0. The molecule has 31 heavy (non-hydrogen) atoms. The summed E-state index contributed by atoms with van der Waals surface area (Å²) in [5.41, 5.74) is 9.78. The lowest BCUT2D eigenvalue weighted by Gasteiger charge is -2.03. The summed E-state index contributed by atoms with van der Waals surface area (Å²) < 4.78 is 7.07. The molecule has 4 aromatic heterocycles. The molecule has 0 fully saturated rings. The number of aryl methyl sites for hydroxylation is 2. The van der Waals surface area contributed by atoms with Gasteiger partial charge in [0.15, 0.2) is 17.4 Å². The summed E-state index contributed by atoms with van der Waals surface area (Å²) in [7, 11) is 0. The van der Waals surface area contributed by atoms with Gasteiger partial charge >= 0.3 is 0 Å². The smallest absolute Gasteiger partial charge is 0.273 e. The second-order valence-corrected chi connectivity index (χ2v) is 7.25. The van der Waals surface area contributed by atoms with Crippen molar-refractivity contribution in [3.8, 4) is 11.3 Å². The molecule has 0 spiro atoms. The minimum absolute atomic E-state index is 0.274. The van der Waals surface area contributed by atoms with E-state index in [4.69, 9.17) is 10.2 Å². The number of benzene rings is 1. The molecule has 0 radical (unpaired) electrons. The lowest BCUT2D eigenvalue weighted by molar-refractivity contribution is 0.0946. The van der Waals surface area contributed by atoms with Crippen molar-refractivity contribution in [2.45, 2.75) is 20.4 Å². The second-order valence-electron chi connectivity index (χ2n) is 7.25. The summed E-state index contributed by atoms with van der Waals surface area (Å²) in [6.45, 7) is 4.28. The van der Waals surface area contributed by atoms with Crippen LogP contribution in [0.1, 0.15) is 22.1 Å². The van der Waals surface area contributed by atoms with Crippen molar-refractivity contribution in [2.24, 2.45) is 0 Å². The highest BCUT2D eigenvalue weighted by Crippen LogP contribution is 2.29. The van der Waals surface area contributed by atoms with Crippen LogP contribution in [0.15, 0.2) is 41.1 Å². The Morgan fingerprint density at radius 1 is 1.23 bits per heavy atom. The molecule has 4 heterocycles. The average molecular weight is 416 g/mol. The van der Waals surface area contributed by atoms with Crippen LogP contribution in [0.4, 0.5) is 5.82 Å². The minimum Gasteiger partial charge on any atom is -0.445 e. The molecule has 0 atom stereocenters. The van der Waals surface area contributed by atoms with Gasteiger partial charge in [-0.2, -0.15) is 10.2 Å². The molecule has 0 aliphatic heterocycles. The number of hydrogen-bond donors (Lipinski definition) is 3. The molecule has 0 bridgehead atoms. The van der Waals surface area contributed by atoms with E-state index in [1.54, 1.807) is 24.7 Å². The molecule has 0 aliphatic carbocycles. The van der Waals surface area contributed by atoms with Gasteiger partial charge in [0, 0.05) is 42.2 Å². The number of H-pyrrole nitrogens is 1. The zero-order valence-electron chi connectivity index (χ0n) is 17.0. The number of aromatic amines is 1. The predicted molar refractivity (Wildman–Crippen MR) is 115 cm³/mol. The molecule has 156 valence electrons. The topological polar surface area (TPSA) is 141 Å². The van der Waals surface area contributed by atoms with Gasteiger partial charge in [0.2, 0.25) is 0 Å². The third-order valence-electron chi connectivity index (χ3n) is 5.09. The first kappa shape index (κ1) is 18.8. The number of carbonyl (C=O) groups is 1. The van der Waals surface area contributed by atoms with Gasteiger partial charge in [0.05, 0.1) is 17.8 Å². The number of anilines is 1. The van der Waals surface area contributed by atoms with Crippen LogP contribution in [0.2, 0.25) is 0 Å². The third-order valence-corrected chi connectivity index (χ3v) is 5.09. The minimum atomic E-state index is -0.274. The van der Waals surface area contributed by atoms with Crippen LogP contribution >= 0.6 is 0 Å². The van der Waals surface area contributed by atoms with Crippen molar-refractivity contribution >= 4 is 33.5 Å². The largest absolute Gasteiger partial charge is 0.445 e. The molecule has 1 amide bonds. The van der Waals surface area contributed by atoms with E-state index in [-0.39, 0.29) is 5.91 Å². The molecule has 10 nitrogen and oxygen atoms in total. The molecule has 1 aromatic carbocycles. The molecular formula is C21H20N8O2. The normalized spacial score (nSPS) is 11.4. The van der Waals surface area contributed by atoms with Gasteiger partial charge in [-0.15, -0.1) is 0 Å². The van der Waals surface area contributed by atoms with E-state index in [1.165, 1.54) is 0 Å².